The molecule has 0 saturated carbocycles. The summed E-state index contributed by atoms with van der Waals surface area (Å²) in [6, 6.07) is 16.8. The molecule has 1 aromatic heterocycles. The van der Waals surface area contributed by atoms with Gasteiger partial charge >= 0.3 is 0 Å². The van der Waals surface area contributed by atoms with E-state index in [1.807, 2.05) is 61.5 Å². The van der Waals surface area contributed by atoms with Crippen molar-refractivity contribution in [2.24, 2.45) is 0 Å². The Hall–Kier alpha value is -2.75. The van der Waals surface area contributed by atoms with Gasteiger partial charge in [-0.2, -0.15) is 4.98 Å². The first kappa shape index (κ1) is 13.2. The highest BCUT2D eigenvalue weighted by molar-refractivity contribution is 5.74. The monoisotopic (exact) mass is 280 g/mol. The molecule has 21 heavy (non-hydrogen) atoms. The van der Waals surface area contributed by atoms with Crippen LogP contribution in [-0.2, 0) is 0 Å². The molecule has 0 aliphatic rings. The lowest BCUT2D eigenvalue weighted by atomic mass is 10.1. The summed E-state index contributed by atoms with van der Waals surface area (Å²) in [5.74, 6) is -0.282. The molecule has 1 heterocycles. The van der Waals surface area contributed by atoms with E-state index in [0.717, 1.165) is 16.7 Å². The Morgan fingerprint density at radius 1 is 1.05 bits per heavy atom. The molecule has 3 rings (SSSR count). The molecule has 3 aromatic rings. The summed E-state index contributed by atoms with van der Waals surface area (Å²) in [5.41, 5.74) is 2.56. The van der Waals surface area contributed by atoms with Crippen LogP contribution in [0, 0.1) is 6.92 Å². The molecular formula is C17H13FN2O. The van der Waals surface area contributed by atoms with Crippen molar-refractivity contribution in [1.82, 2.24) is 10.1 Å². The lowest BCUT2D eigenvalue weighted by Crippen LogP contribution is -1.83. The number of aromatic nitrogens is 2. The van der Waals surface area contributed by atoms with Crippen LogP contribution in [-0.4, -0.2) is 10.1 Å². The molecule has 3 nitrogen and oxygen atoms in total. The number of nitrogens with zero attached hydrogens (tertiary/aromatic N) is 2. The lowest BCUT2D eigenvalue weighted by molar-refractivity contribution is 0.399. The lowest BCUT2D eigenvalue weighted by Gasteiger charge is -1.98. The Morgan fingerprint density at radius 3 is 2.52 bits per heavy atom. The molecule has 104 valence electrons. The average molecular weight is 280 g/mol. The van der Waals surface area contributed by atoms with Crippen LogP contribution in [0.5, 0.6) is 0 Å². The third-order valence-electron chi connectivity index (χ3n) is 3.13. The molecule has 0 bridgehead atoms. The van der Waals surface area contributed by atoms with E-state index in [1.165, 1.54) is 6.08 Å². The van der Waals surface area contributed by atoms with Gasteiger partial charge in [0.15, 0.2) is 5.83 Å². The number of aryl methyl sites for hydroxylation is 1. The SMILES string of the molecule is Cc1ccccc1C=C(F)c1nc(-c2ccccc2)no1. The fraction of sp³-hybridized carbons (Fsp3) is 0.0588. The first-order valence-corrected chi connectivity index (χ1v) is 6.56. The van der Waals surface area contributed by atoms with Crippen molar-refractivity contribution in [3.8, 4) is 11.4 Å². The topological polar surface area (TPSA) is 38.9 Å². The van der Waals surface area contributed by atoms with Gasteiger partial charge in [0.25, 0.3) is 5.89 Å². The zero-order valence-corrected chi connectivity index (χ0v) is 11.5. The van der Waals surface area contributed by atoms with Crippen molar-refractivity contribution in [2.45, 2.75) is 6.92 Å². The molecule has 0 radical (unpaired) electrons. The van der Waals surface area contributed by atoms with Crippen LogP contribution in [0.4, 0.5) is 4.39 Å². The third-order valence-corrected chi connectivity index (χ3v) is 3.13. The minimum atomic E-state index is -0.543. The van der Waals surface area contributed by atoms with Crippen LogP contribution < -0.4 is 0 Å². The predicted molar refractivity (Wildman–Crippen MR) is 79.9 cm³/mol. The largest absolute Gasteiger partial charge is 0.331 e. The maximum Gasteiger partial charge on any atom is 0.287 e. The van der Waals surface area contributed by atoms with E-state index in [0.29, 0.717) is 5.82 Å². The average Bonchev–Trinajstić information content (AvgIpc) is 3.00. The molecule has 4 heteroatoms. The van der Waals surface area contributed by atoms with Crippen LogP contribution in [0.2, 0.25) is 0 Å². The third kappa shape index (κ3) is 2.89. The normalized spacial score (nSPS) is 11.6. The van der Waals surface area contributed by atoms with Crippen molar-refractivity contribution >= 4 is 11.9 Å². The summed E-state index contributed by atoms with van der Waals surface area (Å²) in [5, 5.41) is 3.80. The molecule has 0 atom stereocenters. The molecule has 0 N–H and O–H groups in total. The Morgan fingerprint density at radius 2 is 1.76 bits per heavy atom. The highest BCUT2D eigenvalue weighted by atomic mass is 19.1. The molecular weight excluding hydrogens is 267 g/mol. The Bertz CT molecular complexity index is 778. The van der Waals surface area contributed by atoms with Crippen molar-refractivity contribution in [2.75, 3.05) is 0 Å². The first-order valence-electron chi connectivity index (χ1n) is 6.56. The second kappa shape index (κ2) is 5.71. The van der Waals surface area contributed by atoms with Crippen molar-refractivity contribution in [3.63, 3.8) is 0 Å². The van der Waals surface area contributed by atoms with Gasteiger partial charge in [-0.05, 0) is 24.1 Å². The van der Waals surface area contributed by atoms with Crippen LogP contribution >= 0.6 is 0 Å². The van der Waals surface area contributed by atoms with Gasteiger partial charge in [-0.15, -0.1) is 0 Å². The van der Waals surface area contributed by atoms with E-state index < -0.39 is 5.83 Å². The van der Waals surface area contributed by atoms with E-state index in [1.54, 1.807) is 0 Å². The Balaban J connectivity index is 1.91. The van der Waals surface area contributed by atoms with E-state index in [-0.39, 0.29) is 5.89 Å². The first-order chi connectivity index (χ1) is 10.2. The molecule has 2 aromatic carbocycles. The molecule has 0 saturated heterocycles. The summed E-state index contributed by atoms with van der Waals surface area (Å²) < 4.78 is 19.2. The van der Waals surface area contributed by atoms with Crippen molar-refractivity contribution < 1.29 is 8.91 Å². The summed E-state index contributed by atoms with van der Waals surface area (Å²) in [7, 11) is 0. The molecule has 0 aliphatic carbocycles. The quantitative estimate of drug-likeness (QED) is 0.708. The smallest absolute Gasteiger partial charge is 0.287 e. The highest BCUT2D eigenvalue weighted by Crippen LogP contribution is 2.22. The van der Waals surface area contributed by atoms with E-state index in [9.17, 15) is 4.39 Å². The molecule has 0 fully saturated rings. The van der Waals surface area contributed by atoms with Gasteiger partial charge in [-0.1, -0.05) is 59.8 Å². The van der Waals surface area contributed by atoms with Gasteiger partial charge in [0, 0.05) is 5.56 Å². The molecule has 0 aliphatic heterocycles. The van der Waals surface area contributed by atoms with Crippen LogP contribution in [0.1, 0.15) is 17.0 Å². The van der Waals surface area contributed by atoms with E-state index in [4.69, 9.17) is 4.52 Å². The van der Waals surface area contributed by atoms with Gasteiger partial charge in [0.2, 0.25) is 5.82 Å². The molecule has 0 amide bonds. The summed E-state index contributed by atoms with van der Waals surface area (Å²) >= 11 is 0. The van der Waals surface area contributed by atoms with E-state index in [2.05, 4.69) is 10.1 Å². The van der Waals surface area contributed by atoms with Gasteiger partial charge in [0.05, 0.1) is 0 Å². The second-order valence-corrected chi connectivity index (χ2v) is 4.64. The minimum Gasteiger partial charge on any atom is -0.331 e. The van der Waals surface area contributed by atoms with Gasteiger partial charge < -0.3 is 4.52 Å². The zero-order valence-electron chi connectivity index (χ0n) is 11.5. The van der Waals surface area contributed by atoms with Gasteiger partial charge in [-0.3, -0.25) is 0 Å². The van der Waals surface area contributed by atoms with Gasteiger partial charge in [0.1, 0.15) is 0 Å². The second-order valence-electron chi connectivity index (χ2n) is 4.64. The fourth-order valence-corrected chi connectivity index (χ4v) is 1.97. The standard InChI is InChI=1S/C17H13FN2O/c1-12-7-5-6-10-14(12)11-15(18)17-19-16(20-21-17)13-8-3-2-4-9-13/h2-11H,1H3. The molecule has 0 spiro atoms. The van der Waals surface area contributed by atoms with Gasteiger partial charge in [-0.25, -0.2) is 4.39 Å². The van der Waals surface area contributed by atoms with Crippen molar-refractivity contribution in [1.29, 1.82) is 0 Å². The summed E-state index contributed by atoms with van der Waals surface area (Å²) in [4.78, 5) is 4.09. The number of hydrogen-bond acceptors (Lipinski definition) is 3. The number of rotatable bonds is 3. The minimum absolute atomic E-state index is 0.114. The van der Waals surface area contributed by atoms with Crippen LogP contribution in [0.3, 0.4) is 0 Å². The zero-order chi connectivity index (χ0) is 14.7. The highest BCUT2D eigenvalue weighted by Gasteiger charge is 2.12. The predicted octanol–water partition coefficient (Wildman–Crippen LogP) is 4.51. The summed E-state index contributed by atoms with van der Waals surface area (Å²) in [6.45, 7) is 1.92. The van der Waals surface area contributed by atoms with Crippen molar-refractivity contribution in [3.05, 3.63) is 71.6 Å². The number of benzene rings is 2. The number of hydrogen-bond donors (Lipinski definition) is 0. The van der Waals surface area contributed by atoms with Crippen LogP contribution in [0.15, 0.2) is 59.1 Å². The maximum absolute atomic E-state index is 14.2. The summed E-state index contributed by atoms with van der Waals surface area (Å²) in [6.07, 6.45) is 1.40. The Labute approximate surface area is 121 Å². The number of halogens is 1. The maximum atomic E-state index is 14.2. The Kier molecular flexibility index (Phi) is 3.60. The van der Waals surface area contributed by atoms with Crippen LogP contribution in [0.25, 0.3) is 23.3 Å². The fourth-order valence-electron chi connectivity index (χ4n) is 1.97. The van der Waals surface area contributed by atoms with E-state index >= 15 is 0 Å². The molecule has 0 unspecified atom stereocenters.